The Balaban J connectivity index is 1.89. The van der Waals surface area contributed by atoms with Crippen molar-refractivity contribution in [3.05, 3.63) is 47.5 Å². The number of hydrogen-bond donors (Lipinski definition) is 1. The van der Waals surface area contributed by atoms with E-state index in [0.717, 1.165) is 5.39 Å². The largest absolute Gasteiger partial charge is 0.490 e. The Morgan fingerprint density at radius 1 is 1.30 bits per heavy atom. The first kappa shape index (κ1) is 16.0. The summed E-state index contributed by atoms with van der Waals surface area (Å²) in [6, 6.07) is 10.3. The molecular weight excluding hydrogens is 334 g/mol. The van der Waals surface area contributed by atoms with Crippen LogP contribution in [0.25, 0.3) is 11.0 Å². The summed E-state index contributed by atoms with van der Waals surface area (Å²) in [5, 5.41) is 2.61. The van der Waals surface area contributed by atoms with E-state index in [1.807, 2.05) is 31.2 Å². The van der Waals surface area contributed by atoms with Gasteiger partial charge in [-0.2, -0.15) is 0 Å². The van der Waals surface area contributed by atoms with Gasteiger partial charge in [-0.1, -0.05) is 18.2 Å². The molecule has 3 rings (SSSR count). The number of fused-ring (bicyclic) bond motifs is 1. The van der Waals surface area contributed by atoms with Gasteiger partial charge in [-0.15, -0.1) is 11.3 Å². The molecule has 0 saturated carbocycles. The molecule has 1 aromatic carbocycles. The Bertz CT molecular complexity index is 897. The average molecular weight is 351 g/mol. The number of nitrogens with one attached hydrogen (secondary N) is 1. The molecule has 7 heteroatoms. The summed E-state index contributed by atoms with van der Waals surface area (Å²) < 4.78 is 38.9. The number of furan rings is 1. The van der Waals surface area contributed by atoms with Crippen LogP contribution in [0.1, 0.15) is 25.6 Å². The van der Waals surface area contributed by atoms with Crippen LogP contribution < -0.4 is 9.46 Å². The fourth-order valence-corrected chi connectivity index (χ4v) is 4.53. The monoisotopic (exact) mass is 351 g/mol. The van der Waals surface area contributed by atoms with Crippen molar-refractivity contribution < 1.29 is 17.6 Å². The molecule has 0 spiro atoms. The van der Waals surface area contributed by atoms with Crippen LogP contribution in [-0.2, 0) is 10.0 Å². The molecule has 5 nitrogen and oxygen atoms in total. The van der Waals surface area contributed by atoms with E-state index in [9.17, 15) is 8.42 Å². The molecule has 1 atom stereocenters. The Hall–Kier alpha value is -1.83. The molecule has 0 fully saturated rings. The van der Waals surface area contributed by atoms with E-state index < -0.39 is 16.1 Å². The van der Waals surface area contributed by atoms with Gasteiger partial charge in [0.15, 0.2) is 11.3 Å². The molecule has 23 heavy (non-hydrogen) atoms. The average Bonchev–Trinajstić information content (AvgIpc) is 3.17. The number of sulfonamides is 1. The smallest absolute Gasteiger partial charge is 0.250 e. The van der Waals surface area contributed by atoms with Gasteiger partial charge in [0.05, 0.1) is 12.6 Å². The molecule has 1 N–H and O–H groups in total. The van der Waals surface area contributed by atoms with E-state index in [1.54, 1.807) is 24.4 Å². The van der Waals surface area contributed by atoms with Crippen LogP contribution in [0.4, 0.5) is 0 Å². The molecule has 0 bridgehead atoms. The Morgan fingerprint density at radius 3 is 2.83 bits per heavy atom. The Morgan fingerprint density at radius 2 is 2.13 bits per heavy atom. The maximum absolute atomic E-state index is 12.3. The summed E-state index contributed by atoms with van der Waals surface area (Å²) in [4.78, 5) is 0. The SMILES string of the molecule is CCOc1cccc2cc(C(C)NS(=O)(=O)c3cccs3)oc12. The van der Waals surface area contributed by atoms with Crippen LogP contribution in [-0.4, -0.2) is 15.0 Å². The first-order valence-corrected chi connectivity index (χ1v) is 9.58. The van der Waals surface area contributed by atoms with Crippen molar-refractivity contribution in [3.63, 3.8) is 0 Å². The van der Waals surface area contributed by atoms with Gasteiger partial charge in [-0.3, -0.25) is 0 Å². The first-order chi connectivity index (χ1) is 11.0. The van der Waals surface area contributed by atoms with Crippen molar-refractivity contribution in [1.82, 2.24) is 4.72 Å². The zero-order valence-corrected chi connectivity index (χ0v) is 14.4. The van der Waals surface area contributed by atoms with E-state index in [-0.39, 0.29) is 4.21 Å². The van der Waals surface area contributed by atoms with Gasteiger partial charge >= 0.3 is 0 Å². The van der Waals surface area contributed by atoms with Crippen LogP contribution in [0.15, 0.2) is 50.4 Å². The molecule has 0 aliphatic heterocycles. The molecule has 0 aliphatic carbocycles. The highest BCUT2D eigenvalue weighted by Gasteiger charge is 2.22. The lowest BCUT2D eigenvalue weighted by molar-refractivity contribution is 0.336. The highest BCUT2D eigenvalue weighted by molar-refractivity contribution is 7.91. The summed E-state index contributed by atoms with van der Waals surface area (Å²) in [5.41, 5.74) is 0.631. The molecule has 2 heterocycles. The van der Waals surface area contributed by atoms with Gasteiger partial charge in [0.1, 0.15) is 9.97 Å². The van der Waals surface area contributed by atoms with Gasteiger partial charge in [0.2, 0.25) is 0 Å². The van der Waals surface area contributed by atoms with Gasteiger partial charge in [0.25, 0.3) is 10.0 Å². The standard InChI is InChI=1S/C16H17NO4S2/c1-3-20-13-7-4-6-12-10-14(21-16(12)13)11(2)17-23(18,19)15-8-5-9-22-15/h4-11,17H,3H2,1-2H3. The topological polar surface area (TPSA) is 68.5 Å². The van der Waals surface area contributed by atoms with E-state index in [1.165, 1.54) is 11.3 Å². The quantitative estimate of drug-likeness (QED) is 0.730. The summed E-state index contributed by atoms with van der Waals surface area (Å²) in [6.45, 7) is 4.19. The van der Waals surface area contributed by atoms with Gasteiger partial charge < -0.3 is 9.15 Å². The molecule has 122 valence electrons. The lowest BCUT2D eigenvalue weighted by Crippen LogP contribution is -2.25. The van der Waals surface area contributed by atoms with Crippen molar-refractivity contribution in [2.45, 2.75) is 24.1 Å². The minimum Gasteiger partial charge on any atom is -0.490 e. The highest BCUT2D eigenvalue weighted by Crippen LogP contribution is 2.31. The van der Waals surface area contributed by atoms with Gasteiger partial charge in [-0.05, 0) is 37.4 Å². The molecule has 0 saturated heterocycles. The number of benzene rings is 1. The minimum absolute atomic E-state index is 0.287. The highest BCUT2D eigenvalue weighted by atomic mass is 32.2. The van der Waals surface area contributed by atoms with E-state index >= 15 is 0 Å². The van der Waals surface area contributed by atoms with Gasteiger partial charge in [0, 0.05) is 5.39 Å². The fraction of sp³-hybridized carbons (Fsp3) is 0.250. The maximum atomic E-state index is 12.3. The molecule has 0 aliphatic rings. The minimum atomic E-state index is -3.54. The van der Waals surface area contributed by atoms with E-state index in [4.69, 9.17) is 9.15 Å². The molecule has 0 radical (unpaired) electrons. The second-order valence-electron chi connectivity index (χ2n) is 5.03. The van der Waals surface area contributed by atoms with E-state index in [2.05, 4.69) is 4.72 Å². The van der Waals surface area contributed by atoms with E-state index in [0.29, 0.717) is 23.7 Å². The van der Waals surface area contributed by atoms with Crippen LogP contribution in [0, 0.1) is 0 Å². The lowest BCUT2D eigenvalue weighted by atomic mass is 10.2. The fourth-order valence-electron chi connectivity index (χ4n) is 2.30. The third kappa shape index (κ3) is 3.26. The summed E-state index contributed by atoms with van der Waals surface area (Å²) >= 11 is 1.18. The number of rotatable bonds is 6. The van der Waals surface area contributed by atoms with Crippen molar-refractivity contribution in [3.8, 4) is 5.75 Å². The predicted octanol–water partition coefficient (Wildman–Crippen LogP) is 3.93. The summed E-state index contributed by atoms with van der Waals surface area (Å²) in [6.07, 6.45) is 0. The van der Waals surface area contributed by atoms with Crippen LogP contribution in [0.3, 0.4) is 0 Å². The van der Waals surface area contributed by atoms with Gasteiger partial charge in [-0.25, -0.2) is 13.1 Å². The van der Waals surface area contributed by atoms with Crippen LogP contribution in [0.5, 0.6) is 5.75 Å². The predicted molar refractivity (Wildman–Crippen MR) is 90.4 cm³/mol. The zero-order chi connectivity index (χ0) is 16.4. The lowest BCUT2D eigenvalue weighted by Gasteiger charge is -2.10. The second-order valence-corrected chi connectivity index (χ2v) is 7.92. The zero-order valence-electron chi connectivity index (χ0n) is 12.8. The third-order valence-corrected chi connectivity index (χ3v) is 6.28. The summed E-state index contributed by atoms with van der Waals surface area (Å²) in [5.74, 6) is 1.21. The third-order valence-electron chi connectivity index (χ3n) is 3.35. The normalized spacial score (nSPS) is 13.3. The molecule has 3 aromatic rings. The van der Waals surface area contributed by atoms with Crippen molar-refractivity contribution in [2.24, 2.45) is 0 Å². The van der Waals surface area contributed by atoms with Crippen molar-refractivity contribution >= 4 is 32.3 Å². The van der Waals surface area contributed by atoms with Crippen molar-refractivity contribution in [1.29, 1.82) is 0 Å². The number of ether oxygens (including phenoxy) is 1. The Labute approximate surface area is 138 Å². The number of thiophene rings is 1. The number of para-hydroxylation sites is 1. The molecule has 1 unspecified atom stereocenters. The maximum Gasteiger partial charge on any atom is 0.250 e. The molecule has 2 aromatic heterocycles. The Kier molecular flexibility index (Phi) is 4.43. The van der Waals surface area contributed by atoms with Crippen LogP contribution >= 0.6 is 11.3 Å². The molecular formula is C16H17NO4S2. The van der Waals surface area contributed by atoms with Crippen LogP contribution in [0.2, 0.25) is 0 Å². The summed E-state index contributed by atoms with van der Waals surface area (Å²) in [7, 11) is -3.54. The molecule has 0 amide bonds. The first-order valence-electron chi connectivity index (χ1n) is 7.22. The number of hydrogen-bond acceptors (Lipinski definition) is 5. The van der Waals surface area contributed by atoms with Crippen molar-refractivity contribution in [2.75, 3.05) is 6.61 Å². The second kappa shape index (κ2) is 6.35.